The lowest BCUT2D eigenvalue weighted by Gasteiger charge is -2.58. The molecule has 7 radical (unpaired) electrons. The molecule has 301 valence electrons. The summed E-state index contributed by atoms with van der Waals surface area (Å²) in [5, 5.41) is 31.6. The van der Waals surface area contributed by atoms with Crippen LogP contribution in [0.3, 0.4) is 0 Å². The van der Waals surface area contributed by atoms with E-state index in [1.165, 1.54) is 27.0 Å². The van der Waals surface area contributed by atoms with E-state index in [9.17, 15) is 34.7 Å². The highest BCUT2D eigenvalue weighted by Gasteiger charge is 2.84. The van der Waals surface area contributed by atoms with Crippen LogP contribution in [0.25, 0.3) is 0 Å². The van der Waals surface area contributed by atoms with Crippen molar-refractivity contribution in [2.24, 2.45) is 0 Å². The van der Waals surface area contributed by atoms with Gasteiger partial charge in [-0.3, -0.25) is 9.83 Å². The Bertz CT molecular complexity index is 1100. The fraction of sp³-hybridized carbons (Fsp3) is 0.905. The first-order valence-electron chi connectivity index (χ1n) is 16.2. The molecular weight excluding hydrogens is 893 g/mol. The molecule has 7 N–H and O–H groups in total. The van der Waals surface area contributed by atoms with E-state index in [1.807, 2.05) is 0 Å². The lowest BCUT2D eigenvalue weighted by molar-refractivity contribution is -0.163. The molecular formula is C21H55O19Si12. The zero-order valence-corrected chi connectivity index (χ0v) is 43.1. The summed E-state index contributed by atoms with van der Waals surface area (Å²) < 4.78 is 73.5. The fourth-order valence-electron chi connectivity index (χ4n) is 5.77. The molecule has 7 unspecified atom stereocenters. The van der Waals surface area contributed by atoms with Crippen molar-refractivity contribution >= 4 is 101 Å². The van der Waals surface area contributed by atoms with Crippen LogP contribution in [0.5, 0.6) is 0 Å². The molecule has 0 aliphatic carbocycles. The zero-order chi connectivity index (χ0) is 39.7. The zero-order valence-electron chi connectivity index (χ0n) is 31.1. The topological polar surface area (TPSA) is 259 Å². The quantitative estimate of drug-likeness (QED) is 0.0124. The third kappa shape index (κ3) is 11.2. The summed E-state index contributed by atoms with van der Waals surface area (Å²) in [6, 6.07) is 0.257. The molecule has 7 atom stereocenters. The number of hydrogen-bond acceptors (Lipinski definition) is 19. The first kappa shape index (κ1) is 49.7. The largest absolute Gasteiger partial charge is 0.433 e. The predicted octanol–water partition coefficient (Wildman–Crippen LogP) is -3.10. The van der Waals surface area contributed by atoms with Crippen LogP contribution in [-0.4, -0.2) is 207 Å². The third-order valence-electron chi connectivity index (χ3n) is 8.71. The number of rotatable bonds is 30. The van der Waals surface area contributed by atoms with E-state index in [0.29, 0.717) is 26.2 Å². The normalized spacial score (nSPS) is 24.0. The van der Waals surface area contributed by atoms with Crippen molar-refractivity contribution in [2.75, 3.05) is 60.2 Å². The highest BCUT2D eigenvalue weighted by molar-refractivity contribution is 7.90. The molecule has 2 aliphatic rings. The Balaban J connectivity index is 3.01. The van der Waals surface area contributed by atoms with Crippen LogP contribution >= 0.6 is 0 Å². The van der Waals surface area contributed by atoms with Crippen molar-refractivity contribution in [1.29, 1.82) is 0 Å². The molecule has 0 aromatic rings. The lowest BCUT2D eigenvalue weighted by Crippen LogP contribution is -2.96. The van der Waals surface area contributed by atoms with E-state index < -0.39 is 119 Å². The molecule has 0 amide bonds. The summed E-state index contributed by atoms with van der Waals surface area (Å²) in [6.07, 6.45) is -0.507. The van der Waals surface area contributed by atoms with Crippen molar-refractivity contribution in [3.05, 3.63) is 12.3 Å². The Morgan fingerprint density at radius 3 is 1.88 bits per heavy atom. The summed E-state index contributed by atoms with van der Waals surface area (Å²) in [6.45, 7) is 10.7. The Labute approximate surface area is 322 Å². The molecule has 19 nitrogen and oxygen atoms in total. The standard InChI is InChI=1S/C21H55O19Si12/c1-11-47(9,38-49(18-22,19-23)14-12-13-32-15-20-16-33-20)39-51(46(7,8)37-45(5,6)35-24,40-50(31-4,42-26)44(29-2)30-3)52(43-27,36-41-25)48(10,28)21-17-34-21/h11,20-28H,1,12-19H2,2-10H3. The molecule has 0 spiro atoms. The van der Waals surface area contributed by atoms with Gasteiger partial charge < -0.3 is 77.5 Å². The van der Waals surface area contributed by atoms with E-state index in [0.717, 1.165) is 0 Å². The Morgan fingerprint density at radius 1 is 0.885 bits per heavy atom. The van der Waals surface area contributed by atoms with Crippen LogP contribution in [0.1, 0.15) is 6.42 Å². The molecule has 0 saturated carbocycles. The van der Waals surface area contributed by atoms with Gasteiger partial charge >= 0.3 is 51.1 Å². The first-order valence-corrected chi connectivity index (χ1v) is 45.0. The maximum Gasteiger partial charge on any atom is 0.428 e. The van der Waals surface area contributed by atoms with Crippen molar-refractivity contribution < 1.29 is 87.3 Å². The summed E-state index contributed by atoms with van der Waals surface area (Å²) in [7, 11) is -30.2. The minimum atomic E-state index is -4.86. The smallest absolute Gasteiger partial charge is 0.428 e. The lowest BCUT2D eigenvalue weighted by atomic mass is 10.5. The fourth-order valence-corrected chi connectivity index (χ4v) is 127. The second kappa shape index (κ2) is 20.5. The van der Waals surface area contributed by atoms with Crippen LogP contribution in [0, 0.1) is 0 Å². The second-order valence-corrected chi connectivity index (χ2v) is 69.6. The molecule has 2 rings (SSSR count). The third-order valence-corrected chi connectivity index (χ3v) is 95.1. The molecule has 0 bridgehead atoms. The minimum absolute atomic E-state index is 0.0662. The molecule has 52 heavy (non-hydrogen) atoms. The van der Waals surface area contributed by atoms with Crippen LogP contribution in [0.15, 0.2) is 12.3 Å². The number of ether oxygens (including phenoxy) is 3. The van der Waals surface area contributed by atoms with Gasteiger partial charge in [0.15, 0.2) is 0 Å². The SMILES string of the molecule is C=C[Si](C)(O[Si](CO)(CO)CCCOCC1CO1)O[Si](O[Si](OC)([Si]O)[Si](OC)OC)([Si](C)(C)O[Si](C)(C)OO)[Si](O[Si]O)([Si]O)[Si](C)(O)C1CO1. The molecule has 2 heterocycles. The molecule has 0 aromatic carbocycles. The van der Waals surface area contributed by atoms with Gasteiger partial charge in [-0.15, -0.1) is 6.58 Å². The summed E-state index contributed by atoms with van der Waals surface area (Å²) in [4.78, 5) is 46.3. The maximum absolute atomic E-state index is 12.7. The van der Waals surface area contributed by atoms with Gasteiger partial charge in [-0.2, -0.15) is 0 Å². The molecule has 2 aliphatic heterocycles. The average Bonchev–Trinajstić information content (AvgIpc) is 4.04. The maximum atomic E-state index is 12.7. The summed E-state index contributed by atoms with van der Waals surface area (Å²) >= 11 is 0. The van der Waals surface area contributed by atoms with E-state index in [4.69, 9.17) is 52.6 Å². The van der Waals surface area contributed by atoms with Gasteiger partial charge in [0.25, 0.3) is 16.2 Å². The van der Waals surface area contributed by atoms with Crippen molar-refractivity contribution in [1.82, 2.24) is 0 Å². The predicted molar refractivity (Wildman–Crippen MR) is 207 cm³/mol. The monoisotopic (exact) mass is 947 g/mol. The number of aliphatic hydroxyl groups is 2. The Morgan fingerprint density at radius 2 is 1.48 bits per heavy atom. The van der Waals surface area contributed by atoms with E-state index in [2.05, 4.69) is 6.58 Å². The number of aliphatic hydroxyl groups excluding tert-OH is 2. The average molecular weight is 949 g/mol. The van der Waals surface area contributed by atoms with Gasteiger partial charge in [-0.05, 0) is 51.7 Å². The van der Waals surface area contributed by atoms with Gasteiger partial charge in [-0.1, -0.05) is 5.70 Å². The second-order valence-electron chi connectivity index (χ2n) is 13.5. The number of epoxide rings is 2. The van der Waals surface area contributed by atoms with Crippen molar-refractivity contribution in [2.45, 2.75) is 63.6 Å². The van der Waals surface area contributed by atoms with E-state index >= 15 is 0 Å². The van der Waals surface area contributed by atoms with Gasteiger partial charge in [0.2, 0.25) is 33.3 Å². The Kier molecular flexibility index (Phi) is 19.6. The molecule has 0 aromatic heterocycles. The van der Waals surface area contributed by atoms with E-state index in [-0.39, 0.29) is 18.8 Å². The van der Waals surface area contributed by atoms with Gasteiger partial charge in [0.1, 0.15) is 6.10 Å². The van der Waals surface area contributed by atoms with Gasteiger partial charge in [0, 0.05) is 27.9 Å². The Hall–Kier alpha value is 1.58. The van der Waals surface area contributed by atoms with Crippen LogP contribution in [0.4, 0.5) is 0 Å². The van der Waals surface area contributed by atoms with Gasteiger partial charge in [-0.25, -0.2) is 0 Å². The van der Waals surface area contributed by atoms with Gasteiger partial charge in [0.05, 0.1) is 38.0 Å². The highest BCUT2D eigenvalue weighted by Crippen LogP contribution is 2.45. The minimum Gasteiger partial charge on any atom is -0.433 e. The number of hydrogen-bond donors (Lipinski definition) is 7. The summed E-state index contributed by atoms with van der Waals surface area (Å²) in [5.74, 6) is 0. The molecule has 2 saturated heterocycles. The summed E-state index contributed by atoms with van der Waals surface area (Å²) in [5.41, 5.74) is 0.674. The van der Waals surface area contributed by atoms with Crippen LogP contribution < -0.4 is 0 Å². The first-order chi connectivity index (χ1) is 24.3. The van der Waals surface area contributed by atoms with Crippen molar-refractivity contribution in [3.63, 3.8) is 0 Å². The molecule has 2 fully saturated rings. The molecule has 31 heteroatoms. The van der Waals surface area contributed by atoms with E-state index in [1.54, 1.807) is 39.3 Å². The van der Waals surface area contributed by atoms with Crippen LogP contribution in [-0.2, 0) is 52.6 Å². The highest BCUT2D eigenvalue weighted by atomic mass is 30.1. The van der Waals surface area contributed by atoms with Crippen molar-refractivity contribution in [3.8, 4) is 0 Å². The van der Waals surface area contributed by atoms with Crippen LogP contribution in [0.2, 0.25) is 45.3 Å².